The third kappa shape index (κ3) is 4.87. The van der Waals surface area contributed by atoms with Gasteiger partial charge in [-0.2, -0.15) is 0 Å². The molecular weight excluding hydrogens is 455 g/mol. The molecule has 0 saturated carbocycles. The molecule has 33 heavy (non-hydrogen) atoms. The number of H-pyrrole nitrogens is 1. The molecule has 1 amide bonds. The van der Waals surface area contributed by atoms with Crippen LogP contribution in [-0.2, 0) is 4.79 Å². The van der Waals surface area contributed by atoms with Gasteiger partial charge in [0.05, 0.1) is 0 Å². The number of benzene rings is 3. The summed E-state index contributed by atoms with van der Waals surface area (Å²) < 4.78 is 6.07. The van der Waals surface area contributed by atoms with E-state index in [4.69, 9.17) is 27.9 Å². The van der Waals surface area contributed by atoms with Gasteiger partial charge in [0.25, 0.3) is 0 Å². The number of hydrogen-bond donors (Lipinski definition) is 1. The number of aromatic amines is 1. The Hall–Kier alpha value is -2.95. The topological polar surface area (TPSA) is 45.3 Å². The fourth-order valence-electron chi connectivity index (χ4n) is 4.51. The molecule has 1 aliphatic rings. The van der Waals surface area contributed by atoms with Gasteiger partial charge in [-0.3, -0.25) is 4.79 Å². The number of carbonyl (C=O) groups is 1. The molecule has 0 unspecified atom stereocenters. The number of hydrogen-bond acceptors (Lipinski definition) is 2. The monoisotopic (exact) mass is 478 g/mol. The summed E-state index contributed by atoms with van der Waals surface area (Å²) in [5.74, 6) is 1.48. The third-order valence-electron chi connectivity index (χ3n) is 6.20. The van der Waals surface area contributed by atoms with Crippen LogP contribution >= 0.6 is 23.2 Å². The van der Waals surface area contributed by atoms with E-state index in [1.807, 2.05) is 59.6 Å². The largest absolute Gasteiger partial charge is 0.457 e. The van der Waals surface area contributed by atoms with E-state index in [-0.39, 0.29) is 11.8 Å². The number of nitrogens with zero attached hydrogens (tertiary/aromatic N) is 1. The summed E-state index contributed by atoms with van der Waals surface area (Å²) in [4.78, 5) is 18.5. The summed E-state index contributed by atoms with van der Waals surface area (Å²) in [6.07, 6.45) is 4.53. The van der Waals surface area contributed by atoms with E-state index in [9.17, 15) is 4.79 Å². The minimum atomic E-state index is -0.126. The maximum Gasteiger partial charge on any atom is 0.223 e. The van der Waals surface area contributed by atoms with Crippen LogP contribution in [0, 0.1) is 0 Å². The molecule has 1 aromatic heterocycles. The Morgan fingerprint density at radius 3 is 2.48 bits per heavy atom. The normalized spacial score (nSPS) is 14.5. The Labute approximate surface area is 203 Å². The Morgan fingerprint density at radius 2 is 1.70 bits per heavy atom. The summed E-state index contributed by atoms with van der Waals surface area (Å²) in [6, 6.07) is 21.0. The first-order valence-corrected chi connectivity index (χ1v) is 11.9. The maximum absolute atomic E-state index is 13.2. The van der Waals surface area contributed by atoms with Gasteiger partial charge in [0.2, 0.25) is 5.91 Å². The van der Waals surface area contributed by atoms with Crippen LogP contribution in [0.25, 0.3) is 10.9 Å². The molecule has 1 fully saturated rings. The SMILES string of the molecule is O=C(C[C@@H](c1cccc(Oc2ccc(Cl)cc2)c1)c1c[nH]c2ccc(Cl)cc12)N1CCCC1. The van der Waals surface area contributed by atoms with Crippen molar-refractivity contribution in [2.45, 2.75) is 25.2 Å². The fraction of sp³-hybridized carbons (Fsp3) is 0.222. The van der Waals surface area contributed by atoms with Gasteiger partial charge in [0.1, 0.15) is 11.5 Å². The van der Waals surface area contributed by atoms with Crippen molar-refractivity contribution in [2.75, 3.05) is 13.1 Å². The Kier molecular flexibility index (Phi) is 6.30. The zero-order valence-corrected chi connectivity index (χ0v) is 19.6. The number of carbonyl (C=O) groups excluding carboxylic acids is 1. The van der Waals surface area contributed by atoms with Crippen molar-refractivity contribution in [3.63, 3.8) is 0 Å². The van der Waals surface area contributed by atoms with E-state index in [0.717, 1.165) is 48.0 Å². The molecule has 4 nitrogen and oxygen atoms in total. The average Bonchev–Trinajstić information content (AvgIpc) is 3.49. The molecule has 6 heteroatoms. The molecule has 1 saturated heterocycles. The first kappa shape index (κ1) is 21.9. The van der Waals surface area contributed by atoms with Gasteiger partial charge in [0, 0.05) is 52.6 Å². The van der Waals surface area contributed by atoms with Crippen molar-refractivity contribution >= 4 is 40.0 Å². The molecule has 3 aromatic carbocycles. The zero-order valence-electron chi connectivity index (χ0n) is 18.1. The molecule has 1 atom stereocenters. The number of ether oxygens (including phenoxy) is 1. The number of likely N-dealkylation sites (tertiary alicyclic amines) is 1. The van der Waals surface area contributed by atoms with Crippen molar-refractivity contribution in [1.29, 1.82) is 0 Å². The van der Waals surface area contributed by atoms with Crippen LogP contribution in [0.5, 0.6) is 11.5 Å². The molecule has 4 aromatic rings. The maximum atomic E-state index is 13.2. The van der Waals surface area contributed by atoms with Gasteiger partial charge in [0.15, 0.2) is 0 Å². The second kappa shape index (κ2) is 9.50. The zero-order chi connectivity index (χ0) is 22.8. The van der Waals surface area contributed by atoms with Crippen molar-refractivity contribution in [1.82, 2.24) is 9.88 Å². The van der Waals surface area contributed by atoms with E-state index in [0.29, 0.717) is 28.0 Å². The molecule has 1 N–H and O–H groups in total. The van der Waals surface area contributed by atoms with E-state index in [1.54, 1.807) is 12.1 Å². The molecule has 168 valence electrons. The highest BCUT2D eigenvalue weighted by Crippen LogP contribution is 2.37. The standard InChI is InChI=1S/C27H24Cl2N2O2/c28-19-6-9-21(10-7-19)33-22-5-3-4-18(14-22)23(16-27(32)31-12-1-2-13-31)25-17-30-26-11-8-20(29)15-24(25)26/h3-11,14-15,17,23,30H,1-2,12-13,16H2/t23-/m0/s1. The predicted octanol–water partition coefficient (Wildman–Crippen LogP) is 7.41. The van der Waals surface area contributed by atoms with E-state index in [2.05, 4.69) is 11.1 Å². The van der Waals surface area contributed by atoms with Gasteiger partial charge in [-0.15, -0.1) is 0 Å². The number of rotatable bonds is 6. The van der Waals surface area contributed by atoms with Crippen LogP contribution in [-0.4, -0.2) is 28.9 Å². The molecule has 5 rings (SSSR count). The second-order valence-corrected chi connectivity index (χ2v) is 9.28. The van der Waals surface area contributed by atoms with Crippen LogP contribution in [0.15, 0.2) is 72.9 Å². The van der Waals surface area contributed by atoms with Crippen molar-refractivity contribution in [3.05, 3.63) is 94.1 Å². The van der Waals surface area contributed by atoms with Crippen molar-refractivity contribution in [3.8, 4) is 11.5 Å². The summed E-state index contributed by atoms with van der Waals surface area (Å²) in [7, 11) is 0. The van der Waals surface area contributed by atoms with Crippen molar-refractivity contribution < 1.29 is 9.53 Å². The van der Waals surface area contributed by atoms with Gasteiger partial charge in [-0.05, 0) is 78.6 Å². The van der Waals surface area contributed by atoms with Gasteiger partial charge < -0.3 is 14.6 Å². The highest BCUT2D eigenvalue weighted by molar-refractivity contribution is 6.31. The predicted molar refractivity (Wildman–Crippen MR) is 134 cm³/mol. The quantitative estimate of drug-likeness (QED) is 0.313. The minimum absolute atomic E-state index is 0.126. The fourth-order valence-corrected chi connectivity index (χ4v) is 4.81. The highest BCUT2D eigenvalue weighted by Gasteiger charge is 2.26. The summed E-state index contributed by atoms with van der Waals surface area (Å²) in [5.41, 5.74) is 3.08. The molecule has 1 aliphatic heterocycles. The molecule has 0 aliphatic carbocycles. The lowest BCUT2D eigenvalue weighted by molar-refractivity contribution is -0.130. The lowest BCUT2D eigenvalue weighted by atomic mass is 9.87. The molecule has 2 heterocycles. The second-order valence-electron chi connectivity index (χ2n) is 8.41. The van der Waals surface area contributed by atoms with E-state index in [1.165, 1.54) is 0 Å². The summed E-state index contributed by atoms with van der Waals surface area (Å²) in [5, 5.41) is 2.37. The van der Waals surface area contributed by atoms with Crippen LogP contribution in [0.1, 0.15) is 36.3 Å². The van der Waals surface area contributed by atoms with E-state index >= 15 is 0 Å². The van der Waals surface area contributed by atoms with Gasteiger partial charge in [-0.25, -0.2) is 0 Å². The molecular formula is C27H24Cl2N2O2. The average molecular weight is 479 g/mol. The van der Waals surface area contributed by atoms with Crippen molar-refractivity contribution in [2.24, 2.45) is 0 Å². The number of aromatic nitrogens is 1. The highest BCUT2D eigenvalue weighted by atomic mass is 35.5. The first-order chi connectivity index (χ1) is 16.1. The number of fused-ring (bicyclic) bond motifs is 1. The van der Waals surface area contributed by atoms with Gasteiger partial charge in [-0.1, -0.05) is 35.3 Å². The number of nitrogens with one attached hydrogen (secondary N) is 1. The summed E-state index contributed by atoms with van der Waals surface area (Å²) in [6.45, 7) is 1.68. The molecule has 0 bridgehead atoms. The summed E-state index contributed by atoms with van der Waals surface area (Å²) >= 11 is 12.3. The third-order valence-corrected chi connectivity index (χ3v) is 6.69. The van der Waals surface area contributed by atoms with Crippen LogP contribution < -0.4 is 4.74 Å². The Morgan fingerprint density at radius 1 is 0.939 bits per heavy atom. The van der Waals surface area contributed by atoms with E-state index < -0.39 is 0 Å². The van der Waals surface area contributed by atoms with Crippen LogP contribution in [0.3, 0.4) is 0 Å². The smallest absolute Gasteiger partial charge is 0.223 e. The Balaban J connectivity index is 1.51. The molecule has 0 spiro atoms. The number of amides is 1. The lowest BCUT2D eigenvalue weighted by Gasteiger charge is -2.22. The minimum Gasteiger partial charge on any atom is -0.457 e. The number of halogens is 2. The van der Waals surface area contributed by atoms with Gasteiger partial charge >= 0.3 is 0 Å². The first-order valence-electron chi connectivity index (χ1n) is 11.1. The molecule has 0 radical (unpaired) electrons. The van der Waals surface area contributed by atoms with Crippen LogP contribution in [0.2, 0.25) is 10.0 Å². The Bertz CT molecular complexity index is 1280. The lowest BCUT2D eigenvalue weighted by Crippen LogP contribution is -2.29. The van der Waals surface area contributed by atoms with Crippen LogP contribution in [0.4, 0.5) is 0 Å².